The summed E-state index contributed by atoms with van der Waals surface area (Å²) >= 11 is 5.65. The van der Waals surface area contributed by atoms with E-state index < -0.39 is 12.1 Å². The third-order valence-corrected chi connectivity index (χ3v) is 2.26. The number of nitrogens with one attached hydrogen (secondary N) is 1. The van der Waals surface area contributed by atoms with Crippen molar-refractivity contribution in [3.05, 3.63) is 29.5 Å². The summed E-state index contributed by atoms with van der Waals surface area (Å²) in [6.45, 7) is 0. The third kappa shape index (κ3) is 4.35. The summed E-state index contributed by atoms with van der Waals surface area (Å²) in [7, 11) is 1.54. The van der Waals surface area contributed by atoms with Crippen LogP contribution in [0.25, 0.3) is 0 Å². The quantitative estimate of drug-likeness (QED) is 0.932. The maximum atomic E-state index is 12.3. The fraction of sp³-hybridized carbons (Fsp3) is 0.182. The summed E-state index contributed by atoms with van der Waals surface area (Å²) in [5.41, 5.74) is 0. The number of anilines is 1. The Labute approximate surface area is 121 Å². The smallest absolute Gasteiger partial charge is 0.420 e. The zero-order chi connectivity index (χ0) is 15.5. The standard InChI is InChI=1S/C11H8ClF3N4O2/c1-16-9-17-8(12)18-10(19-9)20-6-4-2-3-5-7(6)21-11(13,14)15/h2-5H,1H3,(H,16,17,18,19). The molecule has 10 heteroatoms. The average Bonchev–Trinajstić information content (AvgIpc) is 2.38. The summed E-state index contributed by atoms with van der Waals surface area (Å²) in [4.78, 5) is 11.2. The molecular weight excluding hydrogens is 313 g/mol. The molecule has 0 spiro atoms. The Kier molecular flexibility index (Phi) is 4.32. The molecule has 0 radical (unpaired) electrons. The number of rotatable bonds is 4. The molecule has 1 N–H and O–H groups in total. The molecule has 0 aliphatic heterocycles. The normalized spacial score (nSPS) is 11.1. The van der Waals surface area contributed by atoms with Crippen LogP contribution in [0.5, 0.6) is 17.5 Å². The van der Waals surface area contributed by atoms with Crippen molar-refractivity contribution in [2.75, 3.05) is 12.4 Å². The van der Waals surface area contributed by atoms with Crippen molar-refractivity contribution in [2.24, 2.45) is 0 Å². The van der Waals surface area contributed by atoms with Gasteiger partial charge in [-0.25, -0.2) is 0 Å². The first-order chi connectivity index (χ1) is 9.87. The van der Waals surface area contributed by atoms with Gasteiger partial charge in [0.2, 0.25) is 11.2 Å². The van der Waals surface area contributed by atoms with Crippen LogP contribution < -0.4 is 14.8 Å². The average molecular weight is 321 g/mol. The molecule has 112 valence electrons. The van der Waals surface area contributed by atoms with Crippen LogP contribution in [-0.4, -0.2) is 28.4 Å². The van der Waals surface area contributed by atoms with Gasteiger partial charge in [-0.1, -0.05) is 12.1 Å². The van der Waals surface area contributed by atoms with Crippen molar-refractivity contribution < 1.29 is 22.6 Å². The predicted octanol–water partition coefficient (Wildman–Crippen LogP) is 3.26. The Balaban J connectivity index is 2.29. The molecule has 1 aromatic carbocycles. The van der Waals surface area contributed by atoms with Gasteiger partial charge < -0.3 is 14.8 Å². The van der Waals surface area contributed by atoms with Crippen LogP contribution in [0.1, 0.15) is 0 Å². The summed E-state index contributed by atoms with van der Waals surface area (Å²) in [6, 6.07) is 4.95. The number of nitrogens with zero attached hydrogens (tertiary/aromatic N) is 3. The Morgan fingerprint density at radius 3 is 2.38 bits per heavy atom. The van der Waals surface area contributed by atoms with E-state index in [4.69, 9.17) is 16.3 Å². The van der Waals surface area contributed by atoms with Gasteiger partial charge in [-0.3, -0.25) is 0 Å². The molecule has 2 aromatic rings. The summed E-state index contributed by atoms with van der Waals surface area (Å²) in [5.74, 6) is -0.620. The first-order valence-corrected chi connectivity index (χ1v) is 5.87. The monoisotopic (exact) mass is 320 g/mol. The summed E-state index contributed by atoms with van der Waals surface area (Å²) < 4.78 is 45.9. The number of benzene rings is 1. The minimum absolute atomic E-state index is 0.110. The van der Waals surface area contributed by atoms with Gasteiger partial charge >= 0.3 is 12.4 Å². The lowest BCUT2D eigenvalue weighted by Gasteiger charge is -2.13. The Hall–Kier alpha value is -2.29. The van der Waals surface area contributed by atoms with E-state index in [0.717, 1.165) is 6.07 Å². The van der Waals surface area contributed by atoms with Gasteiger partial charge in [0.15, 0.2) is 11.5 Å². The van der Waals surface area contributed by atoms with Crippen molar-refractivity contribution >= 4 is 17.5 Å². The first-order valence-electron chi connectivity index (χ1n) is 5.49. The number of ether oxygens (including phenoxy) is 2. The van der Waals surface area contributed by atoms with Gasteiger partial charge in [0.1, 0.15) is 0 Å². The fourth-order valence-electron chi connectivity index (χ4n) is 1.33. The van der Waals surface area contributed by atoms with E-state index in [1.54, 1.807) is 0 Å². The number of alkyl halides is 3. The van der Waals surface area contributed by atoms with E-state index in [0.29, 0.717) is 0 Å². The van der Waals surface area contributed by atoms with Crippen molar-refractivity contribution in [3.63, 3.8) is 0 Å². The topological polar surface area (TPSA) is 69.2 Å². The number of aromatic nitrogens is 3. The minimum Gasteiger partial charge on any atom is -0.420 e. The van der Waals surface area contributed by atoms with Crippen molar-refractivity contribution in [1.29, 1.82) is 0 Å². The Morgan fingerprint density at radius 2 is 1.76 bits per heavy atom. The maximum Gasteiger partial charge on any atom is 0.573 e. The van der Waals surface area contributed by atoms with Gasteiger partial charge in [0, 0.05) is 7.05 Å². The number of halogens is 4. The molecule has 1 aromatic heterocycles. The second-order valence-corrected chi connectivity index (χ2v) is 3.90. The molecule has 0 bridgehead atoms. The highest BCUT2D eigenvalue weighted by Crippen LogP contribution is 2.34. The van der Waals surface area contributed by atoms with Crippen LogP contribution in [0.3, 0.4) is 0 Å². The van der Waals surface area contributed by atoms with Crippen LogP contribution >= 0.6 is 11.6 Å². The van der Waals surface area contributed by atoms with Gasteiger partial charge in [0.05, 0.1) is 0 Å². The van der Waals surface area contributed by atoms with E-state index in [1.165, 1.54) is 25.2 Å². The molecule has 0 aliphatic rings. The van der Waals surface area contributed by atoms with Crippen molar-refractivity contribution in [1.82, 2.24) is 15.0 Å². The maximum absolute atomic E-state index is 12.3. The molecule has 1 heterocycles. The van der Waals surface area contributed by atoms with Gasteiger partial charge in [-0.05, 0) is 23.7 Å². The van der Waals surface area contributed by atoms with Crippen LogP contribution in [0.2, 0.25) is 5.28 Å². The highest BCUT2D eigenvalue weighted by Gasteiger charge is 2.32. The minimum atomic E-state index is -4.84. The molecule has 6 nitrogen and oxygen atoms in total. The molecule has 0 atom stereocenters. The van der Waals surface area contributed by atoms with Crippen molar-refractivity contribution in [3.8, 4) is 17.5 Å². The second kappa shape index (κ2) is 6.00. The molecule has 0 aliphatic carbocycles. The largest absolute Gasteiger partial charge is 0.573 e. The predicted molar refractivity (Wildman–Crippen MR) is 67.6 cm³/mol. The SMILES string of the molecule is CNc1nc(Cl)nc(Oc2ccccc2OC(F)(F)F)n1. The van der Waals surface area contributed by atoms with E-state index in [-0.39, 0.29) is 23.0 Å². The fourth-order valence-corrected chi connectivity index (χ4v) is 1.48. The van der Waals surface area contributed by atoms with Crippen LogP contribution in [0, 0.1) is 0 Å². The van der Waals surface area contributed by atoms with Crippen LogP contribution in [0.15, 0.2) is 24.3 Å². The molecule has 0 amide bonds. The number of hydrogen-bond acceptors (Lipinski definition) is 6. The highest BCUT2D eigenvalue weighted by molar-refractivity contribution is 6.28. The van der Waals surface area contributed by atoms with Gasteiger partial charge in [-0.2, -0.15) is 15.0 Å². The summed E-state index contributed by atoms with van der Waals surface area (Å²) in [6.07, 6.45) is -4.84. The zero-order valence-electron chi connectivity index (χ0n) is 10.5. The van der Waals surface area contributed by atoms with Gasteiger partial charge in [-0.15, -0.1) is 13.2 Å². The van der Waals surface area contributed by atoms with Crippen LogP contribution in [0.4, 0.5) is 19.1 Å². The lowest BCUT2D eigenvalue weighted by Crippen LogP contribution is -2.17. The molecule has 0 saturated heterocycles. The van der Waals surface area contributed by atoms with E-state index >= 15 is 0 Å². The lowest BCUT2D eigenvalue weighted by atomic mass is 10.3. The Morgan fingerprint density at radius 1 is 1.10 bits per heavy atom. The number of para-hydroxylation sites is 2. The second-order valence-electron chi connectivity index (χ2n) is 3.56. The first kappa shape index (κ1) is 15.1. The molecule has 2 rings (SSSR count). The third-order valence-electron chi connectivity index (χ3n) is 2.09. The molecule has 21 heavy (non-hydrogen) atoms. The van der Waals surface area contributed by atoms with Gasteiger partial charge in [0.25, 0.3) is 0 Å². The van der Waals surface area contributed by atoms with E-state index in [9.17, 15) is 13.2 Å². The molecular formula is C11H8ClF3N4O2. The molecule has 0 fully saturated rings. The summed E-state index contributed by atoms with van der Waals surface area (Å²) in [5, 5.41) is 2.44. The number of hydrogen-bond donors (Lipinski definition) is 1. The molecule has 0 unspecified atom stereocenters. The van der Waals surface area contributed by atoms with Crippen molar-refractivity contribution in [2.45, 2.75) is 6.36 Å². The highest BCUT2D eigenvalue weighted by atomic mass is 35.5. The van der Waals surface area contributed by atoms with E-state index in [2.05, 4.69) is 25.0 Å². The van der Waals surface area contributed by atoms with Crippen LogP contribution in [-0.2, 0) is 0 Å². The molecule has 0 saturated carbocycles. The zero-order valence-corrected chi connectivity index (χ0v) is 11.2. The Bertz CT molecular complexity index is 639. The van der Waals surface area contributed by atoms with E-state index in [1.807, 2.05) is 0 Å². The lowest BCUT2D eigenvalue weighted by molar-refractivity contribution is -0.275.